The number of aromatic nitrogens is 2. The summed E-state index contributed by atoms with van der Waals surface area (Å²) >= 11 is 0. The molecule has 3 rings (SSSR count). The Morgan fingerprint density at radius 2 is 1.40 bits per heavy atom. The van der Waals surface area contributed by atoms with Gasteiger partial charge in [0.2, 0.25) is 0 Å². The fourth-order valence-corrected chi connectivity index (χ4v) is 4.12. The van der Waals surface area contributed by atoms with Gasteiger partial charge < -0.3 is 9.88 Å². The van der Waals surface area contributed by atoms with Crippen LogP contribution in [-0.4, -0.2) is 9.55 Å². The number of hydrogen-bond donors (Lipinski definition) is 1. The summed E-state index contributed by atoms with van der Waals surface area (Å²) in [6, 6.07) is 17.1. The molecule has 1 N–H and O–H groups in total. The molecule has 0 aliphatic carbocycles. The molecular weight excluding hydrogens is 366 g/mol. The number of fused-ring (bicyclic) bond motifs is 1. The number of nitrogens with zero attached hydrogens (tertiary/aromatic N) is 2. The van der Waals surface area contributed by atoms with E-state index in [-0.39, 0.29) is 0 Å². The lowest BCUT2D eigenvalue weighted by Crippen LogP contribution is -2.09. The number of para-hydroxylation sites is 2. The first-order chi connectivity index (χ1) is 14.8. The van der Waals surface area contributed by atoms with Gasteiger partial charge in [0, 0.05) is 12.2 Å². The van der Waals surface area contributed by atoms with E-state index < -0.39 is 0 Å². The maximum absolute atomic E-state index is 4.91. The average Bonchev–Trinajstić information content (AvgIpc) is 3.12. The van der Waals surface area contributed by atoms with Crippen LogP contribution in [-0.2, 0) is 13.1 Å². The summed E-state index contributed by atoms with van der Waals surface area (Å²) in [6.07, 6.45) is 13.7. The summed E-state index contributed by atoms with van der Waals surface area (Å²) < 4.78 is 2.42. The average molecular weight is 406 g/mol. The van der Waals surface area contributed by atoms with E-state index in [1.807, 2.05) is 0 Å². The van der Waals surface area contributed by atoms with Gasteiger partial charge in [0.05, 0.1) is 17.6 Å². The van der Waals surface area contributed by atoms with Gasteiger partial charge >= 0.3 is 0 Å². The third-order valence-electron chi connectivity index (χ3n) is 5.97. The first-order valence-electron chi connectivity index (χ1n) is 12.0. The van der Waals surface area contributed by atoms with Crippen molar-refractivity contribution in [3.63, 3.8) is 0 Å². The van der Waals surface area contributed by atoms with E-state index >= 15 is 0 Å². The standard InChI is InChI=1S/C27H39N3/c1-3-4-5-6-7-8-9-10-11-14-21-30-26-16-13-12-15-25(26)29-27(30)22-28-24-19-17-23(2)18-20-24/h12-13,15-20,28H,3-11,14,21-22H2,1-2H3. The minimum atomic E-state index is 0.759. The van der Waals surface area contributed by atoms with Crippen molar-refractivity contribution in [3.8, 4) is 0 Å². The summed E-state index contributed by atoms with van der Waals surface area (Å²) in [5.41, 5.74) is 4.80. The molecule has 0 unspecified atom stereocenters. The minimum Gasteiger partial charge on any atom is -0.378 e. The van der Waals surface area contributed by atoms with Crippen molar-refractivity contribution in [2.45, 2.75) is 91.1 Å². The van der Waals surface area contributed by atoms with Gasteiger partial charge in [-0.1, -0.05) is 94.5 Å². The summed E-state index contributed by atoms with van der Waals surface area (Å²) in [5.74, 6) is 1.13. The zero-order valence-electron chi connectivity index (χ0n) is 19.0. The van der Waals surface area contributed by atoms with E-state index in [2.05, 4.69) is 72.3 Å². The first kappa shape index (κ1) is 22.4. The Morgan fingerprint density at radius 3 is 2.10 bits per heavy atom. The second kappa shape index (κ2) is 12.4. The van der Waals surface area contributed by atoms with Gasteiger partial charge in [-0.15, -0.1) is 0 Å². The number of benzene rings is 2. The Morgan fingerprint density at radius 1 is 0.767 bits per heavy atom. The van der Waals surface area contributed by atoms with E-state index in [1.165, 1.54) is 75.3 Å². The van der Waals surface area contributed by atoms with Gasteiger partial charge in [-0.3, -0.25) is 0 Å². The predicted molar refractivity (Wildman–Crippen MR) is 130 cm³/mol. The third kappa shape index (κ3) is 6.90. The molecule has 1 heterocycles. The number of hydrogen-bond acceptors (Lipinski definition) is 2. The zero-order chi connectivity index (χ0) is 21.0. The van der Waals surface area contributed by atoms with Crippen LogP contribution in [0.5, 0.6) is 0 Å². The molecule has 0 aliphatic rings. The number of imidazole rings is 1. The van der Waals surface area contributed by atoms with Crippen LogP contribution in [0.15, 0.2) is 48.5 Å². The van der Waals surface area contributed by atoms with Crippen LogP contribution in [0.25, 0.3) is 11.0 Å². The molecule has 0 atom stereocenters. The molecule has 0 fully saturated rings. The van der Waals surface area contributed by atoms with Crippen molar-refractivity contribution in [1.82, 2.24) is 9.55 Å². The second-order valence-electron chi connectivity index (χ2n) is 8.57. The Balaban J connectivity index is 1.48. The molecule has 1 aromatic heterocycles. The summed E-state index contributed by atoms with van der Waals surface area (Å²) in [4.78, 5) is 4.91. The highest BCUT2D eigenvalue weighted by atomic mass is 15.1. The Kier molecular flexibility index (Phi) is 9.27. The number of rotatable bonds is 14. The third-order valence-corrected chi connectivity index (χ3v) is 5.97. The Hall–Kier alpha value is -2.29. The number of unbranched alkanes of at least 4 members (excludes halogenated alkanes) is 9. The highest BCUT2D eigenvalue weighted by Crippen LogP contribution is 2.19. The van der Waals surface area contributed by atoms with Crippen LogP contribution in [0.3, 0.4) is 0 Å². The molecular formula is C27H39N3. The molecule has 0 saturated heterocycles. The number of anilines is 1. The molecule has 3 nitrogen and oxygen atoms in total. The van der Waals surface area contributed by atoms with Gasteiger partial charge in [-0.2, -0.15) is 0 Å². The fraction of sp³-hybridized carbons (Fsp3) is 0.519. The molecule has 0 radical (unpaired) electrons. The molecule has 2 aromatic carbocycles. The number of aryl methyl sites for hydroxylation is 2. The first-order valence-corrected chi connectivity index (χ1v) is 12.0. The van der Waals surface area contributed by atoms with Crippen LogP contribution in [0, 0.1) is 6.92 Å². The highest BCUT2D eigenvalue weighted by Gasteiger charge is 2.10. The van der Waals surface area contributed by atoms with Crippen LogP contribution in [0.4, 0.5) is 5.69 Å². The molecule has 0 spiro atoms. The molecule has 0 aliphatic heterocycles. The zero-order valence-corrected chi connectivity index (χ0v) is 19.0. The van der Waals surface area contributed by atoms with Crippen LogP contribution >= 0.6 is 0 Å². The van der Waals surface area contributed by atoms with Crippen molar-refractivity contribution in [1.29, 1.82) is 0 Å². The van der Waals surface area contributed by atoms with Crippen molar-refractivity contribution >= 4 is 16.7 Å². The van der Waals surface area contributed by atoms with Crippen molar-refractivity contribution in [2.75, 3.05) is 5.32 Å². The lowest BCUT2D eigenvalue weighted by molar-refractivity contribution is 0.533. The highest BCUT2D eigenvalue weighted by molar-refractivity contribution is 5.76. The largest absolute Gasteiger partial charge is 0.378 e. The van der Waals surface area contributed by atoms with E-state index in [1.54, 1.807) is 0 Å². The minimum absolute atomic E-state index is 0.759. The van der Waals surface area contributed by atoms with Gasteiger partial charge in [0.1, 0.15) is 5.82 Å². The summed E-state index contributed by atoms with van der Waals surface area (Å²) in [5, 5.41) is 3.55. The summed E-state index contributed by atoms with van der Waals surface area (Å²) in [7, 11) is 0. The smallest absolute Gasteiger partial charge is 0.129 e. The monoisotopic (exact) mass is 405 g/mol. The van der Waals surface area contributed by atoms with Gasteiger partial charge in [-0.25, -0.2) is 4.98 Å². The Labute approximate surface area is 182 Å². The summed E-state index contributed by atoms with van der Waals surface area (Å²) in [6.45, 7) is 6.22. The molecule has 0 amide bonds. The van der Waals surface area contributed by atoms with E-state index in [4.69, 9.17) is 4.98 Å². The SMILES string of the molecule is CCCCCCCCCCCCn1c(CNc2ccc(C)cc2)nc2ccccc21. The molecule has 30 heavy (non-hydrogen) atoms. The van der Waals surface area contributed by atoms with Crippen molar-refractivity contribution in [3.05, 3.63) is 59.9 Å². The Bertz CT molecular complexity index is 863. The van der Waals surface area contributed by atoms with Gasteiger partial charge in [0.25, 0.3) is 0 Å². The van der Waals surface area contributed by atoms with E-state index in [0.717, 1.165) is 30.1 Å². The maximum atomic E-state index is 4.91. The lowest BCUT2D eigenvalue weighted by Gasteiger charge is -2.11. The van der Waals surface area contributed by atoms with E-state index in [9.17, 15) is 0 Å². The molecule has 3 heteroatoms. The van der Waals surface area contributed by atoms with Gasteiger partial charge in [0.15, 0.2) is 0 Å². The normalized spacial score (nSPS) is 11.3. The molecule has 0 bridgehead atoms. The molecule has 3 aromatic rings. The second-order valence-corrected chi connectivity index (χ2v) is 8.57. The predicted octanol–water partition coefficient (Wildman–Crippen LogP) is 7.88. The maximum Gasteiger partial charge on any atom is 0.129 e. The van der Waals surface area contributed by atoms with Crippen molar-refractivity contribution < 1.29 is 0 Å². The number of nitrogens with one attached hydrogen (secondary N) is 1. The molecule has 0 saturated carbocycles. The topological polar surface area (TPSA) is 29.9 Å². The quantitative estimate of drug-likeness (QED) is 0.276. The van der Waals surface area contributed by atoms with Crippen LogP contribution in [0.2, 0.25) is 0 Å². The lowest BCUT2D eigenvalue weighted by atomic mass is 10.1. The van der Waals surface area contributed by atoms with Crippen LogP contribution in [0.1, 0.15) is 82.5 Å². The van der Waals surface area contributed by atoms with Crippen molar-refractivity contribution in [2.24, 2.45) is 0 Å². The van der Waals surface area contributed by atoms with E-state index in [0.29, 0.717) is 0 Å². The van der Waals surface area contributed by atoms with Gasteiger partial charge in [-0.05, 0) is 37.6 Å². The molecule has 162 valence electrons. The van der Waals surface area contributed by atoms with Crippen LogP contribution < -0.4 is 5.32 Å². The fourth-order valence-electron chi connectivity index (χ4n) is 4.12.